The lowest BCUT2D eigenvalue weighted by Gasteiger charge is -2.41. The number of alkyl halides is 1. The van der Waals surface area contributed by atoms with Gasteiger partial charge in [-0.25, -0.2) is 9.18 Å². The fraction of sp³-hybridized carbons (Fsp3) is 0.400. The molecule has 10 heteroatoms. The molecular weight excluding hydrogens is 455 g/mol. The molecule has 2 aromatic carbocycles. The van der Waals surface area contributed by atoms with Gasteiger partial charge in [-0.05, 0) is 24.6 Å². The van der Waals surface area contributed by atoms with E-state index in [1.807, 2.05) is 36.4 Å². The first-order valence-electron chi connectivity index (χ1n) is 11.4. The monoisotopic (exact) mass is 484 g/mol. The molecule has 35 heavy (non-hydrogen) atoms. The zero-order valence-electron chi connectivity index (χ0n) is 19.4. The summed E-state index contributed by atoms with van der Waals surface area (Å²) in [6.45, 7) is 1.16. The third-order valence-electron chi connectivity index (χ3n) is 6.78. The van der Waals surface area contributed by atoms with E-state index in [1.165, 1.54) is 11.8 Å². The van der Waals surface area contributed by atoms with Crippen molar-refractivity contribution in [2.24, 2.45) is 17.1 Å². The van der Waals surface area contributed by atoms with Crippen molar-refractivity contribution in [1.82, 2.24) is 10.6 Å². The smallest absolute Gasteiger partial charge is 0.414 e. The standard InChI is InChI=1S/C25H29FN4O5/c1-24(22(27)32,20-13-30(23(33)35-20)18-10-6-3-7-11-18)19-12-28-16-25(19,26)29-21(31)15-34-14-17-8-4-2-5-9-17/h2-11,19-20,28H,12-16H2,1H3,(H2,27,32)(H,29,31). The predicted octanol–water partition coefficient (Wildman–Crippen LogP) is 1.72. The molecule has 186 valence electrons. The van der Waals surface area contributed by atoms with E-state index in [0.717, 1.165) is 5.56 Å². The minimum absolute atomic E-state index is 0.0169. The molecule has 4 rings (SSSR count). The van der Waals surface area contributed by atoms with Crippen LogP contribution in [0.25, 0.3) is 0 Å². The molecule has 0 bridgehead atoms. The first-order valence-corrected chi connectivity index (χ1v) is 11.4. The SMILES string of the molecule is CC(C(N)=O)(C1CN(c2ccccc2)C(=O)O1)C1CNCC1(F)NC(=O)COCc1ccccc1. The molecular formula is C25H29FN4O5. The summed E-state index contributed by atoms with van der Waals surface area (Å²) < 4.78 is 27.1. The highest BCUT2D eigenvalue weighted by Gasteiger charge is 2.62. The van der Waals surface area contributed by atoms with E-state index in [-0.39, 0.29) is 32.8 Å². The van der Waals surface area contributed by atoms with Crippen LogP contribution in [0.5, 0.6) is 0 Å². The Morgan fingerprint density at radius 2 is 1.89 bits per heavy atom. The van der Waals surface area contributed by atoms with Crippen LogP contribution in [0.15, 0.2) is 60.7 Å². The molecule has 2 fully saturated rings. The van der Waals surface area contributed by atoms with Gasteiger partial charge >= 0.3 is 6.09 Å². The maximum Gasteiger partial charge on any atom is 0.414 e. The number of para-hydroxylation sites is 1. The summed E-state index contributed by atoms with van der Waals surface area (Å²) in [6, 6.07) is 18.1. The summed E-state index contributed by atoms with van der Waals surface area (Å²) in [5.41, 5.74) is 5.64. The van der Waals surface area contributed by atoms with E-state index in [4.69, 9.17) is 15.2 Å². The van der Waals surface area contributed by atoms with E-state index >= 15 is 4.39 Å². The number of rotatable bonds is 9. The number of halogens is 1. The Morgan fingerprint density at radius 3 is 2.54 bits per heavy atom. The molecule has 2 aliphatic heterocycles. The number of anilines is 1. The number of cyclic esters (lactones) is 1. The number of nitrogens with one attached hydrogen (secondary N) is 2. The van der Waals surface area contributed by atoms with Crippen LogP contribution in [0.2, 0.25) is 0 Å². The van der Waals surface area contributed by atoms with Gasteiger partial charge in [-0.1, -0.05) is 48.5 Å². The van der Waals surface area contributed by atoms with E-state index in [9.17, 15) is 14.4 Å². The Bertz CT molecular complexity index is 1070. The molecule has 2 heterocycles. The van der Waals surface area contributed by atoms with E-state index in [2.05, 4.69) is 10.6 Å². The molecule has 0 saturated carbocycles. The number of amides is 3. The quantitative estimate of drug-likeness (QED) is 0.466. The first-order chi connectivity index (χ1) is 16.7. The van der Waals surface area contributed by atoms with Crippen LogP contribution in [-0.4, -0.2) is 56.0 Å². The molecule has 2 aromatic rings. The van der Waals surface area contributed by atoms with Crippen molar-refractivity contribution in [3.63, 3.8) is 0 Å². The van der Waals surface area contributed by atoms with Crippen LogP contribution in [0.4, 0.5) is 14.9 Å². The van der Waals surface area contributed by atoms with Crippen molar-refractivity contribution >= 4 is 23.6 Å². The van der Waals surface area contributed by atoms with Gasteiger partial charge in [0.25, 0.3) is 0 Å². The second-order valence-electron chi connectivity index (χ2n) is 9.04. The Labute approximate surface area is 202 Å². The predicted molar refractivity (Wildman–Crippen MR) is 126 cm³/mol. The lowest BCUT2D eigenvalue weighted by atomic mass is 9.68. The van der Waals surface area contributed by atoms with Gasteiger partial charge in [0.05, 0.1) is 18.6 Å². The third kappa shape index (κ3) is 4.98. The molecule has 0 radical (unpaired) electrons. The molecule has 2 saturated heterocycles. The molecule has 9 nitrogen and oxygen atoms in total. The average molecular weight is 485 g/mol. The largest absolute Gasteiger partial charge is 0.443 e. The van der Waals surface area contributed by atoms with Crippen molar-refractivity contribution in [1.29, 1.82) is 0 Å². The number of benzene rings is 2. The fourth-order valence-electron chi connectivity index (χ4n) is 4.75. The lowest BCUT2D eigenvalue weighted by Crippen LogP contribution is -2.62. The second-order valence-corrected chi connectivity index (χ2v) is 9.04. The Balaban J connectivity index is 1.46. The van der Waals surface area contributed by atoms with Gasteiger partial charge in [-0.2, -0.15) is 0 Å². The molecule has 4 unspecified atom stereocenters. The highest BCUT2D eigenvalue weighted by molar-refractivity contribution is 5.91. The molecule has 4 N–H and O–H groups in total. The Morgan fingerprint density at radius 1 is 1.23 bits per heavy atom. The molecule has 4 atom stereocenters. The zero-order chi connectivity index (χ0) is 25.1. The minimum Gasteiger partial charge on any atom is -0.443 e. The van der Waals surface area contributed by atoms with Crippen LogP contribution in [-0.2, 0) is 25.7 Å². The number of ether oxygens (including phenoxy) is 2. The topological polar surface area (TPSA) is 123 Å². The molecule has 0 spiro atoms. The van der Waals surface area contributed by atoms with Crippen LogP contribution in [0.1, 0.15) is 12.5 Å². The van der Waals surface area contributed by atoms with Crippen LogP contribution in [0, 0.1) is 11.3 Å². The van der Waals surface area contributed by atoms with Gasteiger partial charge in [0, 0.05) is 24.7 Å². The Kier molecular flexibility index (Phi) is 7.04. The van der Waals surface area contributed by atoms with Crippen molar-refractivity contribution in [3.05, 3.63) is 66.2 Å². The second kappa shape index (κ2) is 10.0. The molecule has 0 aliphatic carbocycles. The number of primary amides is 1. The number of carbonyl (C=O) groups excluding carboxylic acids is 3. The molecule has 3 amide bonds. The van der Waals surface area contributed by atoms with Gasteiger partial charge in [0.2, 0.25) is 11.8 Å². The highest BCUT2D eigenvalue weighted by Crippen LogP contribution is 2.44. The summed E-state index contributed by atoms with van der Waals surface area (Å²) in [5, 5.41) is 5.27. The van der Waals surface area contributed by atoms with Crippen molar-refractivity contribution in [2.75, 3.05) is 31.1 Å². The van der Waals surface area contributed by atoms with Gasteiger partial charge in [-0.15, -0.1) is 0 Å². The van der Waals surface area contributed by atoms with Gasteiger partial charge in [0.15, 0.2) is 5.79 Å². The summed E-state index contributed by atoms with van der Waals surface area (Å²) >= 11 is 0. The van der Waals surface area contributed by atoms with Gasteiger partial charge in [0.1, 0.15) is 12.7 Å². The van der Waals surface area contributed by atoms with Crippen LogP contribution < -0.4 is 21.3 Å². The zero-order valence-corrected chi connectivity index (χ0v) is 19.4. The molecule has 2 aliphatic rings. The van der Waals surface area contributed by atoms with E-state index in [0.29, 0.717) is 5.69 Å². The average Bonchev–Trinajstić information content (AvgIpc) is 3.42. The van der Waals surface area contributed by atoms with Crippen LogP contribution >= 0.6 is 0 Å². The highest BCUT2D eigenvalue weighted by atomic mass is 19.1. The van der Waals surface area contributed by atoms with Gasteiger partial charge in [-0.3, -0.25) is 14.5 Å². The van der Waals surface area contributed by atoms with Crippen molar-refractivity contribution < 1.29 is 28.2 Å². The summed E-state index contributed by atoms with van der Waals surface area (Å²) in [7, 11) is 0. The fourth-order valence-corrected chi connectivity index (χ4v) is 4.75. The summed E-state index contributed by atoms with van der Waals surface area (Å²) in [6.07, 6.45) is -1.67. The number of hydrogen-bond donors (Lipinski definition) is 3. The molecule has 0 aromatic heterocycles. The maximum atomic E-state index is 16.2. The first kappa shape index (κ1) is 24.6. The summed E-state index contributed by atoms with van der Waals surface area (Å²) in [4.78, 5) is 39.2. The number of nitrogens with zero attached hydrogens (tertiary/aromatic N) is 1. The number of carbonyl (C=O) groups is 3. The maximum absolute atomic E-state index is 16.2. The van der Waals surface area contributed by atoms with Crippen molar-refractivity contribution in [2.45, 2.75) is 25.4 Å². The van der Waals surface area contributed by atoms with Gasteiger partial charge < -0.3 is 25.8 Å². The third-order valence-corrected chi connectivity index (χ3v) is 6.78. The Hall–Kier alpha value is -3.50. The lowest BCUT2D eigenvalue weighted by molar-refractivity contribution is -0.146. The van der Waals surface area contributed by atoms with E-state index in [1.54, 1.807) is 24.3 Å². The minimum atomic E-state index is -2.30. The van der Waals surface area contributed by atoms with Crippen molar-refractivity contribution in [3.8, 4) is 0 Å². The number of hydrogen-bond acceptors (Lipinski definition) is 6. The number of nitrogens with two attached hydrogens (primary N) is 1. The van der Waals surface area contributed by atoms with Crippen LogP contribution in [0.3, 0.4) is 0 Å². The normalized spacial score (nSPS) is 25.7. The van der Waals surface area contributed by atoms with E-state index < -0.39 is 41.1 Å². The summed E-state index contributed by atoms with van der Waals surface area (Å²) in [5.74, 6) is -4.88.